The second-order valence-corrected chi connectivity index (χ2v) is 6.56. The zero-order valence-electron chi connectivity index (χ0n) is 13.5. The van der Waals surface area contributed by atoms with Gasteiger partial charge < -0.3 is 10.1 Å². The van der Waals surface area contributed by atoms with Crippen LogP contribution < -0.4 is 10.1 Å². The Balaban J connectivity index is 1.77. The number of nitrogens with one attached hydrogen (secondary N) is 1. The van der Waals surface area contributed by atoms with Crippen molar-refractivity contribution in [1.29, 1.82) is 0 Å². The summed E-state index contributed by atoms with van der Waals surface area (Å²) >= 11 is 3.37. The first-order valence-corrected chi connectivity index (χ1v) is 8.60. The smallest absolute Gasteiger partial charge is 0.260 e. The Bertz CT molecular complexity index is 613. The van der Waals surface area contributed by atoms with Crippen LogP contribution in [0.1, 0.15) is 25.8 Å². The molecular formula is C19H22BrNO2. The normalized spacial score (nSPS) is 13.2. The molecule has 0 radical (unpaired) electrons. The lowest BCUT2D eigenvalue weighted by Gasteiger charge is -2.19. The van der Waals surface area contributed by atoms with Crippen molar-refractivity contribution in [1.82, 2.24) is 5.32 Å². The van der Waals surface area contributed by atoms with Crippen LogP contribution in [0.5, 0.6) is 5.75 Å². The van der Waals surface area contributed by atoms with Crippen LogP contribution in [0.4, 0.5) is 0 Å². The summed E-state index contributed by atoms with van der Waals surface area (Å²) in [4.78, 5) is 12.2. The van der Waals surface area contributed by atoms with Crippen LogP contribution in [0.15, 0.2) is 59.1 Å². The molecule has 122 valence electrons. The molecule has 0 aromatic heterocycles. The highest BCUT2D eigenvalue weighted by molar-refractivity contribution is 9.10. The number of ether oxygens (including phenoxy) is 1. The van der Waals surface area contributed by atoms with Gasteiger partial charge in [-0.3, -0.25) is 4.79 Å². The van der Waals surface area contributed by atoms with Crippen LogP contribution in [0.3, 0.4) is 0 Å². The zero-order chi connectivity index (χ0) is 16.7. The van der Waals surface area contributed by atoms with Gasteiger partial charge in [0.15, 0.2) is 6.10 Å². The molecule has 0 heterocycles. The number of amides is 1. The van der Waals surface area contributed by atoms with Crippen molar-refractivity contribution < 1.29 is 9.53 Å². The number of halogens is 1. The predicted octanol–water partition coefficient (Wildman–Crippen LogP) is 4.35. The summed E-state index contributed by atoms with van der Waals surface area (Å²) in [5, 5.41) is 3.01. The third-order valence-corrected chi connectivity index (χ3v) is 4.12. The van der Waals surface area contributed by atoms with Crippen LogP contribution >= 0.6 is 15.9 Å². The minimum absolute atomic E-state index is 0.0894. The minimum Gasteiger partial charge on any atom is -0.481 e. The number of hydrogen-bond donors (Lipinski definition) is 1. The molecule has 0 spiro atoms. The molecule has 2 rings (SSSR count). The van der Waals surface area contributed by atoms with E-state index >= 15 is 0 Å². The number of aryl methyl sites for hydroxylation is 1. The van der Waals surface area contributed by atoms with Crippen molar-refractivity contribution in [3.63, 3.8) is 0 Å². The Hall–Kier alpha value is -1.81. The van der Waals surface area contributed by atoms with E-state index in [9.17, 15) is 4.79 Å². The molecule has 0 unspecified atom stereocenters. The van der Waals surface area contributed by atoms with E-state index in [0.717, 1.165) is 17.3 Å². The molecule has 2 atom stereocenters. The van der Waals surface area contributed by atoms with Gasteiger partial charge in [0.2, 0.25) is 0 Å². The molecule has 0 aliphatic heterocycles. The third kappa shape index (κ3) is 6.06. The summed E-state index contributed by atoms with van der Waals surface area (Å²) in [6.45, 7) is 3.79. The first-order chi connectivity index (χ1) is 11.0. The first kappa shape index (κ1) is 17.5. The van der Waals surface area contributed by atoms with E-state index in [4.69, 9.17) is 4.74 Å². The van der Waals surface area contributed by atoms with Gasteiger partial charge >= 0.3 is 0 Å². The summed E-state index contributed by atoms with van der Waals surface area (Å²) in [5.74, 6) is 0.598. The maximum Gasteiger partial charge on any atom is 0.260 e. The average molecular weight is 376 g/mol. The quantitative estimate of drug-likeness (QED) is 0.780. The molecule has 1 amide bonds. The number of hydrogen-bond acceptors (Lipinski definition) is 2. The van der Waals surface area contributed by atoms with E-state index < -0.39 is 6.10 Å². The van der Waals surface area contributed by atoms with Crippen molar-refractivity contribution in [3.8, 4) is 5.75 Å². The third-order valence-electron chi connectivity index (χ3n) is 3.59. The summed E-state index contributed by atoms with van der Waals surface area (Å²) in [6.07, 6.45) is 1.33. The highest BCUT2D eigenvalue weighted by atomic mass is 79.9. The van der Waals surface area contributed by atoms with Crippen molar-refractivity contribution in [3.05, 3.63) is 64.6 Å². The highest BCUT2D eigenvalue weighted by Crippen LogP contribution is 2.17. The van der Waals surface area contributed by atoms with Crippen molar-refractivity contribution in [2.75, 3.05) is 0 Å². The standard InChI is InChI=1S/C19H22BrNO2/c1-14(8-9-16-6-4-3-5-7-16)21-19(22)15(2)23-18-12-10-17(20)11-13-18/h3-7,10-15H,8-9H2,1-2H3,(H,21,22)/t14-,15+/m0/s1. The topological polar surface area (TPSA) is 38.3 Å². The van der Waals surface area contributed by atoms with Crippen LogP contribution in [0, 0.1) is 0 Å². The fourth-order valence-corrected chi connectivity index (χ4v) is 2.50. The Labute approximate surface area is 146 Å². The molecule has 4 heteroatoms. The zero-order valence-corrected chi connectivity index (χ0v) is 15.0. The summed E-state index contributed by atoms with van der Waals surface area (Å²) in [5.41, 5.74) is 1.28. The fourth-order valence-electron chi connectivity index (χ4n) is 2.23. The summed E-state index contributed by atoms with van der Waals surface area (Å²) in [6, 6.07) is 17.9. The van der Waals surface area contributed by atoms with E-state index in [-0.39, 0.29) is 11.9 Å². The van der Waals surface area contributed by atoms with Crippen LogP contribution in [0.2, 0.25) is 0 Å². The lowest BCUT2D eigenvalue weighted by Crippen LogP contribution is -2.41. The molecule has 2 aromatic carbocycles. The van der Waals surface area contributed by atoms with E-state index in [1.54, 1.807) is 6.92 Å². The first-order valence-electron chi connectivity index (χ1n) is 7.81. The molecule has 0 saturated carbocycles. The van der Waals surface area contributed by atoms with E-state index in [2.05, 4.69) is 33.4 Å². The van der Waals surface area contributed by atoms with Gasteiger partial charge in [-0.2, -0.15) is 0 Å². The Morgan fingerprint density at radius 3 is 2.39 bits per heavy atom. The lowest BCUT2D eigenvalue weighted by molar-refractivity contribution is -0.127. The highest BCUT2D eigenvalue weighted by Gasteiger charge is 2.16. The second-order valence-electron chi connectivity index (χ2n) is 5.65. The fraction of sp³-hybridized carbons (Fsp3) is 0.316. The van der Waals surface area contributed by atoms with Crippen LogP contribution in [-0.2, 0) is 11.2 Å². The monoisotopic (exact) mass is 375 g/mol. The molecule has 2 aromatic rings. The van der Waals surface area contributed by atoms with Crippen molar-refractivity contribution >= 4 is 21.8 Å². The molecular weight excluding hydrogens is 354 g/mol. The maximum atomic E-state index is 12.2. The van der Waals surface area contributed by atoms with Gasteiger partial charge in [0.05, 0.1) is 0 Å². The van der Waals surface area contributed by atoms with Gasteiger partial charge in [-0.15, -0.1) is 0 Å². The van der Waals surface area contributed by atoms with E-state index in [1.807, 2.05) is 49.4 Å². The average Bonchev–Trinajstić information content (AvgIpc) is 2.56. The Kier molecular flexibility index (Phi) is 6.66. The van der Waals surface area contributed by atoms with Gasteiger partial charge in [-0.05, 0) is 56.5 Å². The number of rotatable bonds is 7. The largest absolute Gasteiger partial charge is 0.481 e. The van der Waals surface area contributed by atoms with E-state index in [1.165, 1.54) is 5.56 Å². The SMILES string of the molecule is C[C@@H](CCc1ccccc1)NC(=O)[C@@H](C)Oc1ccc(Br)cc1. The van der Waals surface area contributed by atoms with Crippen LogP contribution in [0.25, 0.3) is 0 Å². The van der Waals surface area contributed by atoms with Crippen LogP contribution in [-0.4, -0.2) is 18.1 Å². The van der Waals surface area contributed by atoms with E-state index in [0.29, 0.717) is 5.75 Å². The van der Waals surface area contributed by atoms with Gasteiger partial charge in [0, 0.05) is 10.5 Å². The molecule has 1 N–H and O–H groups in total. The van der Waals surface area contributed by atoms with Gasteiger partial charge in [0.1, 0.15) is 5.75 Å². The molecule has 0 aliphatic carbocycles. The van der Waals surface area contributed by atoms with Gasteiger partial charge in [-0.1, -0.05) is 46.3 Å². The Morgan fingerprint density at radius 2 is 1.74 bits per heavy atom. The molecule has 0 saturated heterocycles. The van der Waals surface area contributed by atoms with Crippen molar-refractivity contribution in [2.24, 2.45) is 0 Å². The lowest BCUT2D eigenvalue weighted by atomic mass is 10.1. The van der Waals surface area contributed by atoms with Gasteiger partial charge in [-0.25, -0.2) is 0 Å². The molecule has 3 nitrogen and oxygen atoms in total. The minimum atomic E-state index is -0.518. The predicted molar refractivity (Wildman–Crippen MR) is 96.6 cm³/mol. The molecule has 0 aliphatic rings. The number of carbonyl (C=O) groups excluding carboxylic acids is 1. The summed E-state index contributed by atoms with van der Waals surface area (Å²) in [7, 11) is 0. The second kappa shape index (κ2) is 8.73. The number of carbonyl (C=O) groups is 1. The maximum absolute atomic E-state index is 12.2. The molecule has 0 bridgehead atoms. The number of benzene rings is 2. The summed E-state index contributed by atoms with van der Waals surface area (Å²) < 4.78 is 6.64. The Morgan fingerprint density at radius 1 is 1.09 bits per heavy atom. The molecule has 23 heavy (non-hydrogen) atoms. The van der Waals surface area contributed by atoms with Crippen molar-refractivity contribution in [2.45, 2.75) is 38.8 Å². The molecule has 0 fully saturated rings. The van der Waals surface area contributed by atoms with Gasteiger partial charge in [0.25, 0.3) is 5.91 Å².